The lowest BCUT2D eigenvalue weighted by atomic mass is 9.83. The number of aryl methyl sites for hydroxylation is 1. The molecular weight excluding hydrogens is 372 g/mol. The lowest BCUT2D eigenvalue weighted by Gasteiger charge is -2.20. The van der Waals surface area contributed by atoms with Gasteiger partial charge in [0.05, 0.1) is 10.1 Å². The Morgan fingerprint density at radius 1 is 0.714 bits per heavy atom. The van der Waals surface area contributed by atoms with Gasteiger partial charge in [0.25, 0.3) is 0 Å². The van der Waals surface area contributed by atoms with Crippen molar-refractivity contribution in [2.24, 2.45) is 0 Å². The third kappa shape index (κ3) is 2.79. The summed E-state index contributed by atoms with van der Waals surface area (Å²) in [7, 11) is -3.62. The van der Waals surface area contributed by atoms with Gasteiger partial charge >= 0.3 is 0 Å². The second kappa shape index (κ2) is 6.53. The summed E-state index contributed by atoms with van der Waals surface area (Å²) in [5, 5.41) is -0.847. The topological polar surface area (TPSA) is 68.3 Å². The van der Waals surface area contributed by atoms with E-state index in [1.165, 1.54) is 0 Å². The average molecular weight is 390 g/mol. The van der Waals surface area contributed by atoms with E-state index in [1.54, 1.807) is 73.7 Å². The van der Waals surface area contributed by atoms with Crippen LogP contribution in [0.1, 0.15) is 55.1 Å². The highest BCUT2D eigenvalue weighted by atomic mass is 32.2. The summed E-state index contributed by atoms with van der Waals surface area (Å²) in [6, 6.07) is 18.1. The molecule has 3 aromatic carbocycles. The Kier molecular flexibility index (Phi) is 4.27. The van der Waals surface area contributed by atoms with Crippen molar-refractivity contribution in [3.8, 4) is 0 Å². The van der Waals surface area contributed by atoms with E-state index in [-0.39, 0.29) is 22.0 Å². The van der Waals surface area contributed by atoms with Crippen LogP contribution in [0.2, 0.25) is 0 Å². The van der Waals surface area contributed by atoms with Gasteiger partial charge in [-0.2, -0.15) is 0 Å². The fourth-order valence-electron chi connectivity index (χ4n) is 3.48. The zero-order valence-electron chi connectivity index (χ0n) is 15.5. The van der Waals surface area contributed by atoms with Gasteiger partial charge in [0.1, 0.15) is 0 Å². The Balaban J connectivity index is 1.78. The quantitative estimate of drug-likeness (QED) is 0.523. The summed E-state index contributed by atoms with van der Waals surface area (Å²) in [5.74, 6) is -0.474. The van der Waals surface area contributed by atoms with Gasteiger partial charge in [-0.05, 0) is 43.7 Å². The van der Waals surface area contributed by atoms with Crippen molar-refractivity contribution < 1.29 is 18.0 Å². The predicted molar refractivity (Wildman–Crippen MR) is 107 cm³/mol. The van der Waals surface area contributed by atoms with Crippen LogP contribution in [0.5, 0.6) is 0 Å². The molecule has 3 aromatic rings. The second-order valence-electron chi connectivity index (χ2n) is 7.01. The minimum atomic E-state index is -3.62. The van der Waals surface area contributed by atoms with Gasteiger partial charge in [-0.3, -0.25) is 9.59 Å². The first kappa shape index (κ1) is 18.3. The van der Waals surface area contributed by atoms with Gasteiger partial charge < -0.3 is 0 Å². The minimum absolute atomic E-state index is 0.217. The Hall–Kier alpha value is -3.05. The summed E-state index contributed by atoms with van der Waals surface area (Å²) < 4.78 is 26.0. The van der Waals surface area contributed by atoms with Crippen molar-refractivity contribution in [2.75, 3.05) is 0 Å². The molecule has 0 saturated heterocycles. The fourth-order valence-corrected chi connectivity index (χ4v) is 4.91. The number of sulfone groups is 1. The number of rotatable bonds is 3. The van der Waals surface area contributed by atoms with Crippen LogP contribution in [0.4, 0.5) is 0 Å². The molecule has 1 unspecified atom stereocenters. The highest BCUT2D eigenvalue weighted by Crippen LogP contribution is 2.33. The first-order chi connectivity index (χ1) is 13.3. The van der Waals surface area contributed by atoms with Crippen LogP contribution in [0, 0.1) is 6.92 Å². The van der Waals surface area contributed by atoms with Crippen LogP contribution in [0.15, 0.2) is 71.6 Å². The Labute approximate surface area is 163 Å². The highest BCUT2D eigenvalue weighted by molar-refractivity contribution is 7.91. The van der Waals surface area contributed by atoms with Gasteiger partial charge in [0.15, 0.2) is 21.4 Å². The molecule has 4 nitrogen and oxygen atoms in total. The standard InChI is InChI=1S/C23H18O4S/c1-14-7-10-17(11-8-14)28(26,27)15(2)16-9-12-20-21(13-16)23(25)19-6-4-3-5-18(19)22(20)24/h3-13,15H,1-2H3. The summed E-state index contributed by atoms with van der Waals surface area (Å²) in [5.41, 5.74) is 2.77. The van der Waals surface area contributed by atoms with Crippen molar-refractivity contribution >= 4 is 21.4 Å². The summed E-state index contributed by atoms with van der Waals surface area (Å²) in [6.07, 6.45) is 0. The largest absolute Gasteiger partial charge is 0.289 e. The number of ketones is 2. The van der Waals surface area contributed by atoms with Gasteiger partial charge in [0, 0.05) is 22.3 Å². The normalized spacial score (nSPS) is 14.4. The predicted octanol–water partition coefficient (Wildman–Crippen LogP) is 4.31. The maximum Gasteiger partial charge on any atom is 0.194 e. The number of carbonyl (C=O) groups is 2. The summed E-state index contributed by atoms with van der Waals surface area (Å²) >= 11 is 0. The van der Waals surface area contributed by atoms with Gasteiger partial charge in [0.2, 0.25) is 0 Å². The molecular formula is C23H18O4S. The summed E-state index contributed by atoms with van der Waals surface area (Å²) in [4.78, 5) is 25.8. The zero-order valence-corrected chi connectivity index (χ0v) is 16.3. The maximum absolute atomic E-state index is 13.0. The number of fused-ring (bicyclic) bond motifs is 2. The number of carbonyl (C=O) groups excluding carboxylic acids is 2. The van der Waals surface area contributed by atoms with E-state index in [9.17, 15) is 18.0 Å². The minimum Gasteiger partial charge on any atom is -0.289 e. The third-order valence-electron chi connectivity index (χ3n) is 5.23. The van der Waals surface area contributed by atoms with E-state index in [4.69, 9.17) is 0 Å². The molecule has 0 amide bonds. The monoisotopic (exact) mass is 390 g/mol. The van der Waals surface area contributed by atoms with E-state index < -0.39 is 15.1 Å². The average Bonchev–Trinajstić information content (AvgIpc) is 2.71. The number of hydrogen-bond donors (Lipinski definition) is 0. The molecule has 0 saturated carbocycles. The Bertz CT molecular complexity index is 1220. The molecule has 0 aromatic heterocycles. The molecule has 28 heavy (non-hydrogen) atoms. The molecule has 0 aliphatic heterocycles. The molecule has 0 spiro atoms. The van der Waals surface area contributed by atoms with Crippen molar-refractivity contribution in [2.45, 2.75) is 24.0 Å². The molecule has 0 radical (unpaired) electrons. The molecule has 0 fully saturated rings. The smallest absolute Gasteiger partial charge is 0.194 e. The molecule has 0 N–H and O–H groups in total. The van der Waals surface area contributed by atoms with E-state index >= 15 is 0 Å². The van der Waals surface area contributed by atoms with E-state index in [1.807, 2.05) is 6.92 Å². The van der Waals surface area contributed by atoms with Gasteiger partial charge in [-0.25, -0.2) is 8.42 Å². The molecule has 0 heterocycles. The van der Waals surface area contributed by atoms with Crippen LogP contribution >= 0.6 is 0 Å². The first-order valence-electron chi connectivity index (χ1n) is 8.93. The number of hydrogen-bond acceptors (Lipinski definition) is 4. The summed E-state index contributed by atoms with van der Waals surface area (Å²) in [6.45, 7) is 3.49. The molecule has 140 valence electrons. The molecule has 0 bridgehead atoms. The van der Waals surface area contributed by atoms with E-state index in [0.29, 0.717) is 22.3 Å². The molecule has 1 aliphatic carbocycles. The molecule has 5 heteroatoms. The van der Waals surface area contributed by atoms with Crippen molar-refractivity contribution in [3.63, 3.8) is 0 Å². The molecule has 1 atom stereocenters. The Morgan fingerprint density at radius 3 is 1.86 bits per heavy atom. The molecule has 1 aliphatic rings. The van der Waals surface area contributed by atoms with E-state index in [0.717, 1.165) is 5.56 Å². The Morgan fingerprint density at radius 2 is 1.25 bits per heavy atom. The lowest BCUT2D eigenvalue weighted by Crippen LogP contribution is -2.21. The van der Waals surface area contributed by atoms with Crippen LogP contribution in [0.25, 0.3) is 0 Å². The zero-order chi connectivity index (χ0) is 20.1. The SMILES string of the molecule is Cc1ccc(S(=O)(=O)C(C)c2ccc3c(c2)C(=O)c2ccccc2C3=O)cc1. The van der Waals surface area contributed by atoms with Gasteiger partial charge in [-0.1, -0.05) is 48.0 Å². The highest BCUT2D eigenvalue weighted by Gasteiger charge is 2.31. The fraction of sp³-hybridized carbons (Fsp3) is 0.130. The van der Waals surface area contributed by atoms with Crippen molar-refractivity contribution in [1.29, 1.82) is 0 Å². The van der Waals surface area contributed by atoms with Crippen LogP contribution < -0.4 is 0 Å². The van der Waals surface area contributed by atoms with Crippen LogP contribution in [-0.4, -0.2) is 20.0 Å². The van der Waals surface area contributed by atoms with Gasteiger partial charge in [-0.15, -0.1) is 0 Å². The lowest BCUT2D eigenvalue weighted by molar-refractivity contribution is 0.0979. The third-order valence-corrected chi connectivity index (χ3v) is 7.37. The van der Waals surface area contributed by atoms with Crippen molar-refractivity contribution in [3.05, 3.63) is 100 Å². The first-order valence-corrected chi connectivity index (χ1v) is 10.5. The van der Waals surface area contributed by atoms with Crippen LogP contribution in [0.3, 0.4) is 0 Å². The number of benzene rings is 3. The molecule has 4 rings (SSSR count). The second-order valence-corrected chi connectivity index (χ2v) is 9.28. The van der Waals surface area contributed by atoms with Crippen molar-refractivity contribution in [1.82, 2.24) is 0 Å². The maximum atomic E-state index is 13.0. The van der Waals surface area contributed by atoms with E-state index in [2.05, 4.69) is 0 Å². The van der Waals surface area contributed by atoms with Crippen LogP contribution in [-0.2, 0) is 9.84 Å².